The van der Waals surface area contributed by atoms with E-state index in [9.17, 15) is 9.59 Å². The van der Waals surface area contributed by atoms with Crippen LogP contribution >= 0.6 is 0 Å². The molecule has 9 heteroatoms. The van der Waals surface area contributed by atoms with Crippen molar-refractivity contribution in [1.82, 2.24) is 4.90 Å². The van der Waals surface area contributed by atoms with E-state index >= 15 is 0 Å². The summed E-state index contributed by atoms with van der Waals surface area (Å²) in [7, 11) is -0.603. The average molecular weight is 327 g/mol. The second-order valence-electron chi connectivity index (χ2n) is 6.70. The van der Waals surface area contributed by atoms with E-state index in [4.69, 9.17) is 25.9 Å². The zero-order valence-electron chi connectivity index (χ0n) is 13.7. The van der Waals surface area contributed by atoms with E-state index < -0.39 is 37.2 Å². The molecule has 0 radical (unpaired) electrons. The first-order valence-electron chi connectivity index (χ1n) is 8.08. The predicted octanol–water partition coefficient (Wildman–Crippen LogP) is -1.29. The fourth-order valence-corrected chi connectivity index (χ4v) is 3.22. The Bertz CT molecular complexity index is 464. The third-order valence-corrected chi connectivity index (χ3v) is 4.48. The summed E-state index contributed by atoms with van der Waals surface area (Å²) in [6, 6.07) is -0.990. The lowest BCUT2D eigenvalue weighted by molar-refractivity contribution is -0.144. The summed E-state index contributed by atoms with van der Waals surface area (Å²) in [5.74, 6) is -1.11. The zero-order valence-corrected chi connectivity index (χ0v) is 13.7. The Labute approximate surface area is 136 Å². The van der Waals surface area contributed by atoms with Crippen molar-refractivity contribution in [3.05, 3.63) is 0 Å². The summed E-state index contributed by atoms with van der Waals surface area (Å²) in [5, 5.41) is 9.04. The van der Waals surface area contributed by atoms with Gasteiger partial charge in [0.25, 0.3) is 0 Å². The van der Waals surface area contributed by atoms with Crippen LogP contribution in [0.2, 0.25) is 6.32 Å². The van der Waals surface area contributed by atoms with Crippen LogP contribution in [0.15, 0.2) is 0 Å². The topological polar surface area (TPSA) is 128 Å². The van der Waals surface area contributed by atoms with E-state index in [1.165, 1.54) is 4.90 Å². The van der Waals surface area contributed by atoms with Gasteiger partial charge in [0.2, 0.25) is 5.91 Å². The van der Waals surface area contributed by atoms with Crippen molar-refractivity contribution in [1.29, 1.82) is 0 Å². The van der Waals surface area contributed by atoms with E-state index in [0.717, 1.165) is 6.42 Å². The van der Waals surface area contributed by atoms with E-state index in [2.05, 4.69) is 0 Å². The number of aliphatic hydroxyl groups is 1. The highest BCUT2D eigenvalue weighted by molar-refractivity contribution is 6.47. The highest BCUT2D eigenvalue weighted by atomic mass is 16.6. The van der Waals surface area contributed by atoms with Crippen molar-refractivity contribution in [3.8, 4) is 0 Å². The van der Waals surface area contributed by atoms with Gasteiger partial charge in [0, 0.05) is 25.1 Å². The number of likely N-dealkylation sites (tertiary alicyclic amines) is 1. The fourth-order valence-electron chi connectivity index (χ4n) is 3.22. The standard InChI is InChI=1S/C14H26BN3O5/c1-9(2)22-15-5-3-4-10-6-18(12(20)11(16)7-19)8-14(10,17)13(21)23-15/h9-11,19H,3-8,16-17H2,1-2H3/t10-,11?,14?/m0/s1. The predicted molar refractivity (Wildman–Crippen MR) is 84.2 cm³/mol. The van der Waals surface area contributed by atoms with Gasteiger partial charge in [0.1, 0.15) is 11.6 Å². The van der Waals surface area contributed by atoms with Gasteiger partial charge in [-0.15, -0.1) is 0 Å². The van der Waals surface area contributed by atoms with Crippen LogP contribution in [0.3, 0.4) is 0 Å². The Kier molecular flexibility index (Phi) is 5.67. The molecule has 2 fully saturated rings. The molecular weight excluding hydrogens is 301 g/mol. The van der Waals surface area contributed by atoms with Gasteiger partial charge in [-0.2, -0.15) is 0 Å². The SMILES string of the molecule is CC(C)OB1CCC[C@H]2CN(C(=O)C(N)CO)CC2(N)C(=O)O1. The number of rotatable bonds is 4. The molecular formula is C14H26BN3O5. The summed E-state index contributed by atoms with van der Waals surface area (Å²) in [6.45, 7) is 3.72. The molecule has 0 aromatic heterocycles. The van der Waals surface area contributed by atoms with Gasteiger partial charge in [-0.1, -0.05) is 6.42 Å². The maximum atomic E-state index is 12.5. The normalized spacial score (nSPS) is 29.8. The number of fused-ring (bicyclic) bond motifs is 1. The van der Waals surface area contributed by atoms with E-state index in [1.54, 1.807) is 0 Å². The van der Waals surface area contributed by atoms with Crippen molar-refractivity contribution >= 4 is 19.0 Å². The lowest BCUT2D eigenvalue weighted by atomic mass is 9.74. The largest absolute Gasteiger partial charge is 0.527 e. The van der Waals surface area contributed by atoms with Crippen LogP contribution in [0, 0.1) is 5.92 Å². The van der Waals surface area contributed by atoms with E-state index in [1.807, 2.05) is 13.8 Å². The highest BCUT2D eigenvalue weighted by Crippen LogP contribution is 2.34. The first-order chi connectivity index (χ1) is 10.8. The number of carbonyl (C=O) groups excluding carboxylic acids is 2. The zero-order chi connectivity index (χ0) is 17.2. The molecule has 3 atom stereocenters. The lowest BCUT2D eigenvalue weighted by Gasteiger charge is -2.32. The maximum Gasteiger partial charge on any atom is 0.527 e. The van der Waals surface area contributed by atoms with Crippen LogP contribution in [0.1, 0.15) is 26.7 Å². The van der Waals surface area contributed by atoms with E-state index in [0.29, 0.717) is 19.3 Å². The van der Waals surface area contributed by atoms with Gasteiger partial charge in [-0.3, -0.25) is 9.59 Å². The van der Waals surface area contributed by atoms with Gasteiger partial charge in [0.15, 0.2) is 0 Å². The Morgan fingerprint density at radius 3 is 2.91 bits per heavy atom. The van der Waals surface area contributed by atoms with Gasteiger partial charge in [0.05, 0.1) is 6.61 Å². The molecule has 0 aromatic carbocycles. The molecule has 0 spiro atoms. The molecule has 2 aliphatic rings. The molecule has 23 heavy (non-hydrogen) atoms. The molecule has 2 unspecified atom stereocenters. The van der Waals surface area contributed by atoms with Crippen molar-refractivity contribution in [2.75, 3.05) is 19.7 Å². The van der Waals surface area contributed by atoms with Crippen molar-refractivity contribution in [2.45, 2.75) is 50.7 Å². The Morgan fingerprint density at radius 1 is 1.61 bits per heavy atom. The number of hydrogen-bond donors (Lipinski definition) is 3. The second kappa shape index (κ2) is 7.17. The van der Waals surface area contributed by atoms with Crippen LogP contribution in [-0.2, 0) is 18.9 Å². The van der Waals surface area contributed by atoms with Crippen LogP contribution in [-0.4, -0.2) is 66.4 Å². The molecule has 0 bridgehead atoms. The molecule has 2 rings (SSSR count). The quantitative estimate of drug-likeness (QED) is 0.548. The van der Waals surface area contributed by atoms with Crippen LogP contribution in [0.5, 0.6) is 0 Å². The summed E-state index contributed by atoms with van der Waals surface area (Å²) < 4.78 is 11.0. The lowest BCUT2D eigenvalue weighted by Crippen LogP contribution is -2.58. The highest BCUT2D eigenvalue weighted by Gasteiger charge is 2.53. The minimum Gasteiger partial charge on any atom is -0.508 e. The van der Waals surface area contributed by atoms with Crippen LogP contribution < -0.4 is 11.5 Å². The third-order valence-electron chi connectivity index (χ3n) is 4.48. The summed E-state index contributed by atoms with van der Waals surface area (Å²) in [4.78, 5) is 26.1. The number of aliphatic hydroxyl groups excluding tert-OH is 1. The van der Waals surface area contributed by atoms with Crippen LogP contribution in [0.4, 0.5) is 0 Å². The van der Waals surface area contributed by atoms with Gasteiger partial charge in [-0.25, -0.2) is 0 Å². The van der Waals surface area contributed by atoms with Crippen molar-refractivity contribution in [2.24, 2.45) is 17.4 Å². The fraction of sp³-hybridized carbons (Fsp3) is 0.857. The minimum absolute atomic E-state index is 0.0530. The number of nitrogens with zero attached hydrogens (tertiary/aromatic N) is 1. The Hall–Kier alpha value is -1.16. The van der Waals surface area contributed by atoms with Crippen molar-refractivity contribution < 1.29 is 24.0 Å². The number of amides is 1. The van der Waals surface area contributed by atoms with Crippen LogP contribution in [0.25, 0.3) is 0 Å². The molecule has 2 saturated heterocycles. The first-order valence-corrected chi connectivity index (χ1v) is 8.08. The van der Waals surface area contributed by atoms with E-state index in [-0.39, 0.29) is 18.6 Å². The number of carbonyl (C=O) groups is 2. The molecule has 2 heterocycles. The summed E-state index contributed by atoms with van der Waals surface area (Å²) >= 11 is 0. The molecule has 8 nitrogen and oxygen atoms in total. The van der Waals surface area contributed by atoms with Gasteiger partial charge < -0.3 is 30.8 Å². The molecule has 130 valence electrons. The minimum atomic E-state index is -1.25. The molecule has 0 aromatic rings. The molecule has 2 aliphatic heterocycles. The maximum absolute atomic E-state index is 12.5. The summed E-state index contributed by atoms with van der Waals surface area (Å²) in [5.41, 5.74) is 10.7. The summed E-state index contributed by atoms with van der Waals surface area (Å²) in [6.07, 6.45) is 2.06. The molecule has 0 aliphatic carbocycles. The molecule has 0 saturated carbocycles. The Balaban J connectivity index is 2.11. The number of hydrogen-bond acceptors (Lipinski definition) is 7. The van der Waals surface area contributed by atoms with Gasteiger partial charge >= 0.3 is 13.1 Å². The molecule has 1 amide bonds. The Morgan fingerprint density at radius 2 is 2.30 bits per heavy atom. The third kappa shape index (κ3) is 3.85. The number of nitrogens with two attached hydrogens (primary N) is 2. The van der Waals surface area contributed by atoms with Gasteiger partial charge in [-0.05, 0) is 26.6 Å². The first kappa shape index (κ1) is 18.2. The monoisotopic (exact) mass is 327 g/mol. The second-order valence-corrected chi connectivity index (χ2v) is 6.70. The molecule has 5 N–H and O–H groups in total. The van der Waals surface area contributed by atoms with Crippen molar-refractivity contribution in [3.63, 3.8) is 0 Å². The average Bonchev–Trinajstić information content (AvgIpc) is 2.82. The smallest absolute Gasteiger partial charge is 0.508 e.